The van der Waals surface area contributed by atoms with Gasteiger partial charge in [0.05, 0.1) is 6.04 Å². The first-order valence-electron chi connectivity index (χ1n) is 11.6. The first-order chi connectivity index (χ1) is 16.7. The molecule has 0 heterocycles. The topological polar surface area (TPSA) is 128 Å². The molecule has 8 nitrogen and oxygen atoms in total. The molecule has 0 bridgehead atoms. The number of carboxylic acid groups (broad SMARTS) is 1. The lowest BCUT2D eigenvalue weighted by Crippen LogP contribution is -2.56. The number of thioether (sulfide) groups is 1. The van der Waals surface area contributed by atoms with Gasteiger partial charge in [-0.05, 0) is 47.6 Å². The van der Waals surface area contributed by atoms with E-state index in [2.05, 4.69) is 16.0 Å². The van der Waals surface area contributed by atoms with Gasteiger partial charge in [-0.25, -0.2) is 4.79 Å². The third kappa shape index (κ3) is 9.62. The summed E-state index contributed by atoms with van der Waals surface area (Å²) in [5.41, 5.74) is 1.75. The molecule has 0 aliphatic heterocycles. The lowest BCUT2D eigenvalue weighted by molar-refractivity contribution is -0.142. The molecule has 5 N–H and O–H groups in total. The van der Waals surface area contributed by atoms with E-state index in [1.165, 1.54) is 11.8 Å². The standard InChI is InChI=1S/C26H35N3O5S/c1-17(2)23(27-16-19-9-11-20(30)12-10-19)25(32)29-22(15-18-7-5-4-6-8-18)24(31)28-21(26(33)34)13-14-35-3/h4-12,17,21-23,27,30H,13-16H2,1-3H3,(H,28,31)(H,29,32)(H,33,34)/t21-,22-,23-/m0/s1. The van der Waals surface area contributed by atoms with Crippen LogP contribution in [0.3, 0.4) is 0 Å². The van der Waals surface area contributed by atoms with E-state index in [-0.39, 0.29) is 30.4 Å². The molecule has 0 aliphatic rings. The molecule has 0 radical (unpaired) electrons. The third-order valence-electron chi connectivity index (χ3n) is 5.55. The summed E-state index contributed by atoms with van der Waals surface area (Å²) in [7, 11) is 0. The number of nitrogens with one attached hydrogen (secondary N) is 3. The van der Waals surface area contributed by atoms with Crippen LogP contribution in [0.4, 0.5) is 0 Å². The molecule has 0 unspecified atom stereocenters. The Morgan fingerprint density at radius 1 is 0.886 bits per heavy atom. The maximum atomic E-state index is 13.2. The molecule has 0 spiro atoms. The zero-order valence-electron chi connectivity index (χ0n) is 20.4. The predicted octanol–water partition coefficient (Wildman–Crippen LogP) is 2.56. The van der Waals surface area contributed by atoms with Gasteiger partial charge >= 0.3 is 5.97 Å². The quantitative estimate of drug-likeness (QED) is 0.269. The molecule has 9 heteroatoms. The number of hydrogen-bond donors (Lipinski definition) is 5. The van der Waals surface area contributed by atoms with Crippen LogP contribution in [0.15, 0.2) is 54.6 Å². The van der Waals surface area contributed by atoms with Crippen LogP contribution in [-0.4, -0.2) is 58.1 Å². The van der Waals surface area contributed by atoms with Crippen molar-refractivity contribution in [2.24, 2.45) is 5.92 Å². The summed E-state index contributed by atoms with van der Waals surface area (Å²) in [6.07, 6.45) is 2.39. The highest BCUT2D eigenvalue weighted by molar-refractivity contribution is 7.98. The lowest BCUT2D eigenvalue weighted by Gasteiger charge is -2.26. The van der Waals surface area contributed by atoms with Gasteiger partial charge in [-0.2, -0.15) is 11.8 Å². The van der Waals surface area contributed by atoms with Gasteiger partial charge in [-0.3, -0.25) is 9.59 Å². The Bertz CT molecular complexity index is 953. The van der Waals surface area contributed by atoms with Crippen LogP contribution < -0.4 is 16.0 Å². The van der Waals surface area contributed by atoms with Crippen molar-refractivity contribution in [1.29, 1.82) is 0 Å². The molecule has 0 aromatic heterocycles. The molecule has 2 aromatic rings. The average Bonchev–Trinajstić information content (AvgIpc) is 2.82. The van der Waals surface area contributed by atoms with E-state index in [1.807, 2.05) is 50.4 Å². The van der Waals surface area contributed by atoms with E-state index < -0.39 is 30.0 Å². The van der Waals surface area contributed by atoms with Crippen LogP contribution in [0, 0.1) is 5.92 Å². The van der Waals surface area contributed by atoms with Gasteiger partial charge in [0.2, 0.25) is 11.8 Å². The molecule has 2 aromatic carbocycles. The van der Waals surface area contributed by atoms with Gasteiger partial charge < -0.3 is 26.2 Å². The van der Waals surface area contributed by atoms with E-state index in [4.69, 9.17) is 0 Å². The maximum absolute atomic E-state index is 13.2. The summed E-state index contributed by atoms with van der Waals surface area (Å²) in [6.45, 7) is 4.22. The van der Waals surface area contributed by atoms with Crippen molar-refractivity contribution >= 4 is 29.5 Å². The number of carbonyl (C=O) groups is 3. The summed E-state index contributed by atoms with van der Waals surface area (Å²) in [4.78, 5) is 38.0. The number of aromatic hydroxyl groups is 1. The normalized spacial score (nSPS) is 13.6. The summed E-state index contributed by atoms with van der Waals surface area (Å²) < 4.78 is 0. The second kappa shape index (κ2) is 14.4. The molecule has 2 amide bonds. The van der Waals surface area contributed by atoms with Crippen molar-refractivity contribution in [3.63, 3.8) is 0 Å². The largest absolute Gasteiger partial charge is 0.508 e. The Labute approximate surface area is 210 Å². The SMILES string of the molecule is CSCC[C@H](NC(=O)[C@H](Cc1ccccc1)NC(=O)[C@@H](NCc1ccc(O)cc1)C(C)C)C(=O)O. The fourth-order valence-corrected chi connectivity index (χ4v) is 4.03. The van der Waals surface area contributed by atoms with E-state index >= 15 is 0 Å². The van der Waals surface area contributed by atoms with Crippen LogP contribution in [0.1, 0.15) is 31.4 Å². The molecule has 190 valence electrons. The number of benzene rings is 2. The van der Waals surface area contributed by atoms with Gasteiger partial charge in [0.25, 0.3) is 0 Å². The predicted molar refractivity (Wildman–Crippen MR) is 138 cm³/mol. The lowest BCUT2D eigenvalue weighted by atomic mass is 10.0. The smallest absolute Gasteiger partial charge is 0.326 e. The first-order valence-corrected chi connectivity index (χ1v) is 13.0. The van der Waals surface area contributed by atoms with Crippen molar-refractivity contribution in [3.05, 3.63) is 65.7 Å². The second-order valence-electron chi connectivity index (χ2n) is 8.70. The molecule has 0 saturated carbocycles. The molecule has 3 atom stereocenters. The van der Waals surface area contributed by atoms with Crippen LogP contribution >= 0.6 is 11.8 Å². The Morgan fingerprint density at radius 3 is 2.09 bits per heavy atom. The summed E-state index contributed by atoms with van der Waals surface area (Å²) >= 11 is 1.50. The van der Waals surface area contributed by atoms with Crippen LogP contribution in [0.5, 0.6) is 5.75 Å². The minimum atomic E-state index is -1.10. The average molecular weight is 502 g/mol. The minimum absolute atomic E-state index is 0.0686. The number of carbonyl (C=O) groups excluding carboxylic acids is 2. The van der Waals surface area contributed by atoms with E-state index in [1.54, 1.807) is 24.3 Å². The molecule has 0 aliphatic carbocycles. The van der Waals surface area contributed by atoms with Gasteiger partial charge in [-0.15, -0.1) is 0 Å². The number of carboxylic acids is 1. The Hall–Kier alpha value is -3.04. The number of hydrogen-bond acceptors (Lipinski definition) is 6. The molecule has 0 fully saturated rings. The third-order valence-corrected chi connectivity index (χ3v) is 6.20. The zero-order valence-corrected chi connectivity index (χ0v) is 21.2. The summed E-state index contributed by atoms with van der Waals surface area (Å²) in [5.74, 6) is -1.29. The fraction of sp³-hybridized carbons (Fsp3) is 0.423. The number of phenolic OH excluding ortho intramolecular Hbond substituents is 1. The van der Waals surface area contributed by atoms with Crippen molar-refractivity contribution in [2.45, 2.75) is 51.4 Å². The molecular weight excluding hydrogens is 466 g/mol. The van der Waals surface area contributed by atoms with E-state index in [0.717, 1.165) is 11.1 Å². The maximum Gasteiger partial charge on any atom is 0.326 e. The van der Waals surface area contributed by atoms with Crippen molar-refractivity contribution in [1.82, 2.24) is 16.0 Å². The van der Waals surface area contributed by atoms with Gasteiger partial charge in [-0.1, -0.05) is 56.3 Å². The zero-order chi connectivity index (χ0) is 25.8. The number of aliphatic carboxylic acids is 1. The van der Waals surface area contributed by atoms with E-state index in [9.17, 15) is 24.6 Å². The molecule has 2 rings (SSSR count). The number of amides is 2. The minimum Gasteiger partial charge on any atom is -0.508 e. The monoisotopic (exact) mass is 501 g/mol. The van der Waals surface area contributed by atoms with Gasteiger partial charge in [0.1, 0.15) is 17.8 Å². The second-order valence-corrected chi connectivity index (χ2v) is 9.69. The van der Waals surface area contributed by atoms with Crippen LogP contribution in [-0.2, 0) is 27.3 Å². The molecular formula is C26H35N3O5S. The molecule has 35 heavy (non-hydrogen) atoms. The highest BCUT2D eigenvalue weighted by Crippen LogP contribution is 2.12. The summed E-state index contributed by atoms with van der Waals surface area (Å²) in [6, 6.07) is 13.4. The van der Waals surface area contributed by atoms with Gasteiger partial charge in [0, 0.05) is 13.0 Å². The molecule has 0 saturated heterocycles. The highest BCUT2D eigenvalue weighted by Gasteiger charge is 2.30. The Kier molecular flexibility index (Phi) is 11.6. The number of phenols is 1. The first kappa shape index (κ1) is 28.2. The van der Waals surface area contributed by atoms with E-state index in [0.29, 0.717) is 12.3 Å². The fourth-order valence-electron chi connectivity index (χ4n) is 3.56. The van der Waals surface area contributed by atoms with Crippen LogP contribution in [0.2, 0.25) is 0 Å². The van der Waals surface area contributed by atoms with Crippen molar-refractivity contribution < 1.29 is 24.6 Å². The van der Waals surface area contributed by atoms with Crippen molar-refractivity contribution in [3.8, 4) is 5.75 Å². The highest BCUT2D eigenvalue weighted by atomic mass is 32.2. The number of rotatable bonds is 14. The van der Waals surface area contributed by atoms with Gasteiger partial charge in [0.15, 0.2) is 0 Å². The van der Waals surface area contributed by atoms with Crippen molar-refractivity contribution in [2.75, 3.05) is 12.0 Å². The Morgan fingerprint density at radius 2 is 1.51 bits per heavy atom. The van der Waals surface area contributed by atoms with Crippen LogP contribution in [0.25, 0.3) is 0 Å². The summed E-state index contributed by atoms with van der Waals surface area (Å²) in [5, 5.41) is 27.7. The Balaban J connectivity index is 2.15.